The molecule has 0 spiro atoms. The van der Waals surface area contributed by atoms with Crippen molar-refractivity contribution < 1.29 is 14.3 Å². The van der Waals surface area contributed by atoms with Crippen molar-refractivity contribution >= 4 is 28.2 Å². The zero-order valence-electron chi connectivity index (χ0n) is 23.3. The normalized spacial score (nSPS) is 16.1. The molecule has 2 aromatic heterocycles. The van der Waals surface area contributed by atoms with E-state index in [-0.39, 0.29) is 0 Å². The number of esters is 1. The second-order valence-corrected chi connectivity index (χ2v) is 9.98. The molecule has 6 rings (SSSR count). The molecule has 40 heavy (non-hydrogen) atoms. The molecule has 0 saturated carbocycles. The van der Waals surface area contributed by atoms with Crippen molar-refractivity contribution in [2.75, 3.05) is 11.9 Å². The van der Waals surface area contributed by atoms with Crippen molar-refractivity contribution in [1.29, 1.82) is 0 Å². The van der Waals surface area contributed by atoms with Gasteiger partial charge in [0.2, 0.25) is 5.60 Å². The number of nitrogens with zero attached hydrogens (tertiary/aromatic N) is 2. The summed E-state index contributed by atoms with van der Waals surface area (Å²) in [5, 5.41) is 4.57. The first kappa shape index (κ1) is 25.7. The number of hydrogen-bond acceptors (Lipinski definition) is 5. The summed E-state index contributed by atoms with van der Waals surface area (Å²) in [4.78, 5) is 18.3. The lowest BCUT2D eigenvalue weighted by atomic mass is 9.80. The van der Waals surface area contributed by atoms with Crippen LogP contribution in [0, 0.1) is 6.92 Å². The molecular formula is C34H33N3O3. The summed E-state index contributed by atoms with van der Waals surface area (Å²) in [7, 11) is 0. The SMILES string of the molecule is CCOc1c(Nc2ccc(CC)cc2)cccc1C1(c2c(C)n(CC)c3ccccc23)OC(=O)c2cccnc21. The number of benzene rings is 3. The van der Waals surface area contributed by atoms with Gasteiger partial charge in [-0.1, -0.05) is 49.4 Å². The van der Waals surface area contributed by atoms with E-state index in [2.05, 4.69) is 67.1 Å². The van der Waals surface area contributed by atoms with Crippen LogP contribution in [0.4, 0.5) is 11.4 Å². The van der Waals surface area contributed by atoms with Crippen molar-refractivity contribution in [1.82, 2.24) is 9.55 Å². The number of anilines is 2. The summed E-state index contributed by atoms with van der Waals surface area (Å²) in [6.45, 7) is 9.54. The number of para-hydroxylation sites is 2. The molecule has 202 valence electrons. The zero-order valence-corrected chi connectivity index (χ0v) is 23.3. The van der Waals surface area contributed by atoms with Gasteiger partial charge in [0.25, 0.3) is 0 Å². The van der Waals surface area contributed by atoms with E-state index < -0.39 is 11.6 Å². The van der Waals surface area contributed by atoms with Crippen molar-refractivity contribution in [3.05, 3.63) is 119 Å². The van der Waals surface area contributed by atoms with E-state index in [9.17, 15) is 4.79 Å². The van der Waals surface area contributed by atoms with Crippen LogP contribution >= 0.6 is 0 Å². The minimum atomic E-state index is -1.30. The fraction of sp³-hybridized carbons (Fsp3) is 0.235. The molecule has 3 aromatic carbocycles. The van der Waals surface area contributed by atoms with Gasteiger partial charge in [-0.15, -0.1) is 0 Å². The maximum Gasteiger partial charge on any atom is 0.341 e. The first-order valence-electron chi connectivity index (χ1n) is 13.9. The van der Waals surface area contributed by atoms with Crippen LogP contribution in [-0.2, 0) is 23.3 Å². The van der Waals surface area contributed by atoms with Crippen LogP contribution in [0.5, 0.6) is 5.75 Å². The predicted molar refractivity (Wildman–Crippen MR) is 159 cm³/mol. The standard InChI is InChI=1S/C34H33N3O3/c1-5-23-17-19-24(20-18-23)36-28-15-10-14-27(31(28)39-7-3)34(32-26(33(38)40-34)13-11-21-35-32)30-22(4)37(6-2)29-16-9-8-12-25(29)30/h8-21,36H,5-7H2,1-4H3. The number of carbonyl (C=O) groups is 1. The van der Waals surface area contributed by atoms with Gasteiger partial charge in [0, 0.05) is 40.6 Å². The molecular weight excluding hydrogens is 498 g/mol. The molecule has 6 heteroatoms. The summed E-state index contributed by atoms with van der Waals surface area (Å²) in [5.74, 6) is 0.232. The molecule has 0 radical (unpaired) electrons. The second kappa shape index (κ2) is 10.2. The highest BCUT2D eigenvalue weighted by Gasteiger charge is 2.54. The molecule has 0 saturated heterocycles. The Kier molecular flexibility index (Phi) is 6.54. The van der Waals surface area contributed by atoms with Crippen molar-refractivity contribution in [3.8, 4) is 5.75 Å². The highest BCUT2D eigenvalue weighted by molar-refractivity contribution is 5.98. The van der Waals surface area contributed by atoms with Crippen LogP contribution in [0.2, 0.25) is 0 Å². The molecule has 0 fully saturated rings. The highest BCUT2D eigenvalue weighted by atomic mass is 16.6. The number of carbonyl (C=O) groups excluding carboxylic acids is 1. The second-order valence-electron chi connectivity index (χ2n) is 9.98. The van der Waals surface area contributed by atoms with Gasteiger partial charge in [0.1, 0.15) is 5.69 Å². The third-order valence-electron chi connectivity index (χ3n) is 7.83. The largest absolute Gasteiger partial charge is 0.491 e. The van der Waals surface area contributed by atoms with Crippen LogP contribution in [-0.4, -0.2) is 22.1 Å². The number of aryl methyl sites for hydroxylation is 2. The lowest BCUT2D eigenvalue weighted by molar-refractivity contribution is 0.0238. The third-order valence-corrected chi connectivity index (χ3v) is 7.83. The summed E-state index contributed by atoms with van der Waals surface area (Å²) >= 11 is 0. The Morgan fingerprint density at radius 3 is 2.50 bits per heavy atom. The van der Waals surface area contributed by atoms with Crippen molar-refractivity contribution in [3.63, 3.8) is 0 Å². The summed E-state index contributed by atoms with van der Waals surface area (Å²) in [6.07, 6.45) is 2.70. The van der Waals surface area contributed by atoms with E-state index in [1.165, 1.54) is 5.56 Å². The van der Waals surface area contributed by atoms with Gasteiger partial charge in [-0.05, 0) is 69.2 Å². The van der Waals surface area contributed by atoms with Gasteiger partial charge in [0.05, 0.1) is 23.4 Å². The molecule has 3 heterocycles. The summed E-state index contributed by atoms with van der Waals surface area (Å²) in [6, 6.07) is 26.2. The summed E-state index contributed by atoms with van der Waals surface area (Å²) in [5.41, 5.74) is 6.49. The maximum atomic E-state index is 13.5. The molecule has 6 nitrogen and oxygen atoms in total. The lowest BCUT2D eigenvalue weighted by Crippen LogP contribution is -2.32. The average Bonchev–Trinajstić information content (AvgIpc) is 3.45. The number of rotatable bonds is 8. The average molecular weight is 532 g/mol. The Hall–Kier alpha value is -4.58. The zero-order chi connectivity index (χ0) is 27.9. The number of hydrogen-bond donors (Lipinski definition) is 1. The lowest BCUT2D eigenvalue weighted by Gasteiger charge is -2.32. The minimum absolute atomic E-state index is 0.396. The number of pyridine rings is 1. The predicted octanol–water partition coefficient (Wildman–Crippen LogP) is 7.53. The Balaban J connectivity index is 1.66. The molecule has 0 bridgehead atoms. The number of cyclic esters (lactones) is 1. The molecule has 1 N–H and O–H groups in total. The molecule has 1 unspecified atom stereocenters. The molecule has 1 atom stereocenters. The van der Waals surface area contributed by atoms with E-state index in [4.69, 9.17) is 14.5 Å². The first-order chi connectivity index (χ1) is 19.5. The van der Waals surface area contributed by atoms with E-state index in [0.29, 0.717) is 23.6 Å². The quantitative estimate of drug-likeness (QED) is 0.210. The Bertz CT molecular complexity index is 1720. The van der Waals surface area contributed by atoms with Crippen LogP contribution < -0.4 is 10.1 Å². The number of nitrogens with one attached hydrogen (secondary N) is 1. The maximum absolute atomic E-state index is 13.5. The van der Waals surface area contributed by atoms with E-state index in [1.54, 1.807) is 18.3 Å². The molecule has 0 aliphatic carbocycles. The molecule has 0 amide bonds. The number of fused-ring (bicyclic) bond motifs is 2. The monoisotopic (exact) mass is 531 g/mol. The van der Waals surface area contributed by atoms with Gasteiger partial charge < -0.3 is 19.4 Å². The Morgan fingerprint density at radius 2 is 1.75 bits per heavy atom. The van der Waals surface area contributed by atoms with Gasteiger partial charge in [-0.2, -0.15) is 0 Å². The number of ether oxygens (including phenoxy) is 2. The smallest absolute Gasteiger partial charge is 0.341 e. The highest BCUT2D eigenvalue weighted by Crippen LogP contribution is 2.53. The van der Waals surface area contributed by atoms with Gasteiger partial charge in [-0.25, -0.2) is 4.79 Å². The Morgan fingerprint density at radius 1 is 0.950 bits per heavy atom. The van der Waals surface area contributed by atoms with Gasteiger partial charge in [-0.3, -0.25) is 4.98 Å². The summed E-state index contributed by atoms with van der Waals surface area (Å²) < 4.78 is 15.2. The van der Waals surface area contributed by atoms with Crippen LogP contribution in [0.15, 0.2) is 85.1 Å². The van der Waals surface area contributed by atoms with E-state index >= 15 is 0 Å². The Labute approximate surface area is 234 Å². The van der Waals surface area contributed by atoms with Crippen LogP contribution in [0.25, 0.3) is 10.9 Å². The fourth-order valence-corrected chi connectivity index (χ4v) is 6.05. The van der Waals surface area contributed by atoms with Gasteiger partial charge >= 0.3 is 5.97 Å². The van der Waals surface area contributed by atoms with E-state index in [1.807, 2.05) is 37.3 Å². The van der Waals surface area contributed by atoms with E-state index in [0.717, 1.165) is 52.1 Å². The topological polar surface area (TPSA) is 65.4 Å². The molecule has 1 aliphatic rings. The van der Waals surface area contributed by atoms with Gasteiger partial charge in [0.15, 0.2) is 5.75 Å². The molecule has 1 aliphatic heterocycles. The first-order valence-corrected chi connectivity index (χ1v) is 13.9. The van der Waals surface area contributed by atoms with Crippen LogP contribution in [0.3, 0.4) is 0 Å². The van der Waals surface area contributed by atoms with Crippen LogP contribution in [0.1, 0.15) is 59.2 Å². The molecule has 5 aromatic rings. The number of aromatic nitrogens is 2. The fourth-order valence-electron chi connectivity index (χ4n) is 6.05. The third kappa shape index (κ3) is 3.86. The van der Waals surface area contributed by atoms with Crippen molar-refractivity contribution in [2.24, 2.45) is 0 Å². The minimum Gasteiger partial charge on any atom is -0.491 e. The van der Waals surface area contributed by atoms with Crippen molar-refractivity contribution in [2.45, 2.75) is 46.3 Å².